The van der Waals surface area contributed by atoms with Crippen LogP contribution in [-0.4, -0.2) is 33.7 Å². The highest BCUT2D eigenvalue weighted by molar-refractivity contribution is 6.27. The van der Waals surface area contributed by atoms with Crippen LogP contribution in [-0.2, 0) is 22.6 Å². The molecule has 0 spiro atoms. The van der Waals surface area contributed by atoms with Gasteiger partial charge in [0.15, 0.2) is 0 Å². The van der Waals surface area contributed by atoms with Gasteiger partial charge in [0.2, 0.25) is 0 Å². The molecule has 0 amide bonds. The first kappa shape index (κ1) is 21.0. The van der Waals surface area contributed by atoms with Gasteiger partial charge in [0, 0.05) is 34.8 Å². The summed E-state index contributed by atoms with van der Waals surface area (Å²) >= 11 is 0. The minimum absolute atomic E-state index is 0.396. The van der Waals surface area contributed by atoms with Crippen LogP contribution in [0.3, 0.4) is 0 Å². The molecule has 28 heavy (non-hydrogen) atoms. The molecular formula is C20H20F2N2O4. The average molecular weight is 390 g/mol. The van der Waals surface area contributed by atoms with Crippen LogP contribution in [0.25, 0.3) is 10.9 Å². The molecule has 3 aromatic rings. The quantitative estimate of drug-likeness (QED) is 0.396. The molecule has 4 N–H and O–H groups in total. The van der Waals surface area contributed by atoms with E-state index in [1.165, 1.54) is 23.1 Å². The molecule has 0 saturated carbocycles. The monoisotopic (exact) mass is 390 g/mol. The van der Waals surface area contributed by atoms with Crippen LogP contribution < -0.4 is 5.32 Å². The van der Waals surface area contributed by atoms with Crippen LogP contribution in [0.1, 0.15) is 16.8 Å². The molecule has 0 saturated heterocycles. The van der Waals surface area contributed by atoms with Gasteiger partial charge in [-0.05, 0) is 37.6 Å². The lowest BCUT2D eigenvalue weighted by Gasteiger charge is -2.07. The first-order valence-electron chi connectivity index (χ1n) is 8.46. The Hall–Kier alpha value is -3.26. The summed E-state index contributed by atoms with van der Waals surface area (Å²) in [6.45, 7) is 3.20. The Balaban J connectivity index is 0.000000409. The first-order valence-corrected chi connectivity index (χ1v) is 8.46. The van der Waals surface area contributed by atoms with Crippen molar-refractivity contribution in [2.45, 2.75) is 19.9 Å². The van der Waals surface area contributed by atoms with Crippen molar-refractivity contribution in [2.24, 2.45) is 0 Å². The van der Waals surface area contributed by atoms with Crippen molar-refractivity contribution in [3.63, 3.8) is 0 Å². The van der Waals surface area contributed by atoms with Gasteiger partial charge in [-0.1, -0.05) is 24.3 Å². The summed E-state index contributed by atoms with van der Waals surface area (Å²) in [5.41, 5.74) is 4.07. The molecule has 0 radical (unpaired) electrons. The second-order valence-corrected chi connectivity index (χ2v) is 6.05. The largest absolute Gasteiger partial charge is 0.473 e. The molecule has 0 unspecified atom stereocenters. The topological polar surface area (TPSA) is 102 Å². The maximum atomic E-state index is 13.5. The number of carboxylic acids is 2. The van der Waals surface area contributed by atoms with Crippen LogP contribution in [0.4, 0.5) is 8.78 Å². The minimum Gasteiger partial charge on any atom is -0.473 e. The molecule has 1 aromatic heterocycles. The van der Waals surface area contributed by atoms with Crippen LogP contribution in [0.5, 0.6) is 0 Å². The Morgan fingerprint density at radius 3 is 2.39 bits per heavy atom. The number of para-hydroxylation sites is 1. The normalized spacial score (nSPS) is 10.4. The number of nitrogens with one attached hydrogen (secondary N) is 2. The second kappa shape index (κ2) is 9.61. The predicted octanol–water partition coefficient (Wildman–Crippen LogP) is 3.24. The number of benzene rings is 2. The Bertz CT molecular complexity index is 973. The molecular weight excluding hydrogens is 370 g/mol. The first-order chi connectivity index (χ1) is 13.3. The fourth-order valence-electron chi connectivity index (χ4n) is 2.76. The fourth-order valence-corrected chi connectivity index (χ4v) is 2.76. The standard InChI is InChI=1S/C18H18F2N2.C2H2O4/c1-12-15(16-4-2-3-5-18(16)22-12)8-9-21-11-13-6-7-14(19)10-17(13)20;3-1(4)2(5)6/h2-7,10,21-22H,8-9,11H2,1H3;(H,3,4)(H,5,6). The summed E-state index contributed by atoms with van der Waals surface area (Å²) in [6.07, 6.45) is 0.860. The average Bonchev–Trinajstić information content (AvgIpc) is 2.96. The van der Waals surface area contributed by atoms with E-state index in [0.717, 1.165) is 30.2 Å². The van der Waals surface area contributed by atoms with Gasteiger partial charge in [0.05, 0.1) is 0 Å². The van der Waals surface area contributed by atoms with Crippen molar-refractivity contribution >= 4 is 22.8 Å². The number of aliphatic carboxylic acids is 2. The van der Waals surface area contributed by atoms with Gasteiger partial charge in [-0.25, -0.2) is 18.4 Å². The Morgan fingerprint density at radius 1 is 1.07 bits per heavy atom. The molecule has 2 aromatic carbocycles. The third-order valence-corrected chi connectivity index (χ3v) is 4.09. The highest BCUT2D eigenvalue weighted by Gasteiger charge is 2.08. The molecule has 148 valence electrons. The van der Waals surface area contributed by atoms with E-state index in [2.05, 4.69) is 29.4 Å². The van der Waals surface area contributed by atoms with E-state index in [1.807, 2.05) is 12.1 Å². The third kappa shape index (κ3) is 5.62. The maximum absolute atomic E-state index is 13.5. The van der Waals surface area contributed by atoms with Crippen LogP contribution in [0, 0.1) is 18.6 Å². The smallest absolute Gasteiger partial charge is 0.414 e. The minimum atomic E-state index is -1.82. The van der Waals surface area contributed by atoms with E-state index in [0.29, 0.717) is 12.1 Å². The number of fused-ring (bicyclic) bond motifs is 1. The Kier molecular flexibility index (Phi) is 7.22. The number of H-pyrrole nitrogens is 1. The third-order valence-electron chi connectivity index (χ3n) is 4.09. The zero-order valence-corrected chi connectivity index (χ0v) is 15.1. The summed E-state index contributed by atoms with van der Waals surface area (Å²) < 4.78 is 26.4. The number of hydrogen-bond acceptors (Lipinski definition) is 3. The molecule has 0 aliphatic rings. The molecule has 0 aliphatic heterocycles. The number of aryl methyl sites for hydroxylation is 1. The van der Waals surface area contributed by atoms with Crippen molar-refractivity contribution in [1.82, 2.24) is 10.3 Å². The van der Waals surface area contributed by atoms with Gasteiger partial charge in [-0.15, -0.1) is 0 Å². The van der Waals surface area contributed by atoms with Gasteiger partial charge < -0.3 is 20.5 Å². The van der Waals surface area contributed by atoms with Gasteiger partial charge in [-0.3, -0.25) is 0 Å². The van der Waals surface area contributed by atoms with Crippen LogP contribution >= 0.6 is 0 Å². The second-order valence-electron chi connectivity index (χ2n) is 6.05. The van der Waals surface area contributed by atoms with Gasteiger partial charge in [0.25, 0.3) is 0 Å². The maximum Gasteiger partial charge on any atom is 0.414 e. The molecule has 0 aliphatic carbocycles. The molecule has 6 nitrogen and oxygen atoms in total. The van der Waals surface area contributed by atoms with Gasteiger partial charge in [-0.2, -0.15) is 0 Å². The van der Waals surface area contributed by atoms with E-state index < -0.39 is 23.6 Å². The van der Waals surface area contributed by atoms with Gasteiger partial charge in [0.1, 0.15) is 11.6 Å². The lowest BCUT2D eigenvalue weighted by atomic mass is 10.1. The van der Waals surface area contributed by atoms with Crippen LogP contribution in [0.2, 0.25) is 0 Å². The van der Waals surface area contributed by atoms with E-state index in [9.17, 15) is 8.78 Å². The zero-order chi connectivity index (χ0) is 20.7. The fraction of sp³-hybridized carbons (Fsp3) is 0.200. The lowest BCUT2D eigenvalue weighted by Crippen LogP contribution is -2.17. The van der Waals surface area contributed by atoms with E-state index >= 15 is 0 Å². The van der Waals surface area contributed by atoms with Gasteiger partial charge >= 0.3 is 11.9 Å². The Labute approximate surface area is 159 Å². The molecule has 0 bridgehead atoms. The summed E-state index contributed by atoms with van der Waals surface area (Å²) in [4.78, 5) is 21.6. The van der Waals surface area contributed by atoms with Crippen molar-refractivity contribution in [1.29, 1.82) is 0 Å². The number of carbonyl (C=O) groups is 2. The summed E-state index contributed by atoms with van der Waals surface area (Å²) in [5.74, 6) is -4.70. The van der Waals surface area contributed by atoms with Crippen molar-refractivity contribution < 1.29 is 28.6 Å². The highest BCUT2D eigenvalue weighted by Crippen LogP contribution is 2.22. The van der Waals surface area contributed by atoms with E-state index in [-0.39, 0.29) is 0 Å². The molecule has 0 atom stereocenters. The number of halogens is 2. The van der Waals surface area contributed by atoms with Crippen molar-refractivity contribution in [3.8, 4) is 0 Å². The number of aromatic amines is 1. The number of hydrogen-bond donors (Lipinski definition) is 4. The van der Waals surface area contributed by atoms with Crippen molar-refractivity contribution in [3.05, 3.63) is 70.9 Å². The molecule has 3 rings (SSSR count). The lowest BCUT2D eigenvalue weighted by molar-refractivity contribution is -0.159. The summed E-state index contributed by atoms with van der Waals surface area (Å²) in [6, 6.07) is 11.9. The van der Waals surface area contributed by atoms with Crippen molar-refractivity contribution in [2.75, 3.05) is 6.54 Å². The SMILES string of the molecule is Cc1[nH]c2ccccc2c1CCNCc1ccc(F)cc1F.O=C(O)C(=O)O. The summed E-state index contributed by atoms with van der Waals surface area (Å²) in [5, 5.41) is 19.2. The zero-order valence-electron chi connectivity index (χ0n) is 15.1. The summed E-state index contributed by atoms with van der Waals surface area (Å²) in [7, 11) is 0. The number of rotatable bonds is 5. The molecule has 1 heterocycles. The van der Waals surface area contributed by atoms with E-state index in [1.54, 1.807) is 0 Å². The predicted molar refractivity (Wildman–Crippen MR) is 100 cm³/mol. The molecule has 8 heteroatoms. The Morgan fingerprint density at radius 2 is 1.75 bits per heavy atom. The van der Waals surface area contributed by atoms with Crippen LogP contribution in [0.15, 0.2) is 42.5 Å². The van der Waals surface area contributed by atoms with E-state index in [4.69, 9.17) is 19.8 Å². The number of aromatic nitrogens is 1. The highest BCUT2D eigenvalue weighted by atomic mass is 19.1. The number of carboxylic acid groups (broad SMARTS) is 2. The molecule has 0 fully saturated rings.